The third-order valence-corrected chi connectivity index (χ3v) is 7.73. The topological polar surface area (TPSA) is 105 Å². The van der Waals surface area contributed by atoms with Gasteiger partial charge in [0.25, 0.3) is 0 Å². The number of carboxylic acid groups (broad SMARTS) is 1. The van der Waals surface area contributed by atoms with Gasteiger partial charge in [0.1, 0.15) is 12.6 Å². The van der Waals surface area contributed by atoms with E-state index in [2.05, 4.69) is 34.9 Å². The van der Waals surface area contributed by atoms with Crippen LogP contribution in [0, 0.1) is 11.8 Å². The van der Waals surface area contributed by atoms with Crippen LogP contribution in [0.4, 0.5) is 4.79 Å². The molecule has 186 valence electrons. The molecule has 35 heavy (non-hydrogen) atoms. The Morgan fingerprint density at radius 3 is 2.23 bits per heavy atom. The molecule has 2 atom stereocenters. The maximum atomic E-state index is 12.9. The number of fused-ring (bicyclic) bond motifs is 3. The first kappa shape index (κ1) is 25.1. The number of carbonyl (C=O) groups is 3. The summed E-state index contributed by atoms with van der Waals surface area (Å²) >= 11 is 1.54. The lowest BCUT2D eigenvalue weighted by atomic mass is 9.75. The van der Waals surface area contributed by atoms with Crippen LogP contribution in [0.25, 0.3) is 11.1 Å². The summed E-state index contributed by atoms with van der Waals surface area (Å²) in [7, 11) is 0. The number of amides is 2. The van der Waals surface area contributed by atoms with Gasteiger partial charge < -0.3 is 20.5 Å². The van der Waals surface area contributed by atoms with E-state index in [1.165, 1.54) is 11.8 Å². The van der Waals surface area contributed by atoms with Crippen molar-refractivity contribution in [2.75, 3.05) is 25.2 Å². The van der Waals surface area contributed by atoms with Gasteiger partial charge in [-0.15, -0.1) is 0 Å². The summed E-state index contributed by atoms with van der Waals surface area (Å²) in [6.07, 6.45) is 4.52. The van der Waals surface area contributed by atoms with Gasteiger partial charge in [-0.1, -0.05) is 55.0 Å². The van der Waals surface area contributed by atoms with E-state index < -0.39 is 24.0 Å². The lowest BCUT2D eigenvalue weighted by Crippen LogP contribution is -2.49. The highest BCUT2D eigenvalue weighted by Gasteiger charge is 2.35. The van der Waals surface area contributed by atoms with Crippen molar-refractivity contribution in [1.82, 2.24) is 10.6 Å². The van der Waals surface area contributed by atoms with E-state index in [-0.39, 0.29) is 30.9 Å². The number of thioether (sulfide) groups is 1. The lowest BCUT2D eigenvalue weighted by molar-refractivity contribution is -0.143. The molecule has 0 aromatic heterocycles. The predicted octanol–water partition coefficient (Wildman–Crippen LogP) is 4.26. The minimum absolute atomic E-state index is 0.0355. The van der Waals surface area contributed by atoms with Gasteiger partial charge in [0.15, 0.2) is 0 Å². The van der Waals surface area contributed by atoms with E-state index in [0.717, 1.165) is 41.5 Å². The fraction of sp³-hybridized carbons (Fsp3) is 0.444. The Hall–Kier alpha value is -3.00. The van der Waals surface area contributed by atoms with Crippen LogP contribution in [-0.4, -0.2) is 54.3 Å². The van der Waals surface area contributed by atoms with Gasteiger partial charge in [0.05, 0.1) is 5.92 Å². The highest BCUT2D eigenvalue weighted by molar-refractivity contribution is 7.98. The number of nitrogens with one attached hydrogen (secondary N) is 2. The predicted molar refractivity (Wildman–Crippen MR) is 136 cm³/mol. The largest absolute Gasteiger partial charge is 0.480 e. The Balaban J connectivity index is 1.34. The van der Waals surface area contributed by atoms with Gasteiger partial charge in [-0.2, -0.15) is 11.8 Å². The van der Waals surface area contributed by atoms with Crippen molar-refractivity contribution < 1.29 is 24.2 Å². The number of benzene rings is 2. The normalized spacial score (nSPS) is 16.4. The molecule has 0 saturated heterocycles. The molecule has 8 heteroatoms. The van der Waals surface area contributed by atoms with Crippen LogP contribution in [0.5, 0.6) is 0 Å². The van der Waals surface area contributed by atoms with E-state index >= 15 is 0 Å². The molecule has 0 heterocycles. The van der Waals surface area contributed by atoms with E-state index in [4.69, 9.17) is 4.74 Å². The second-order valence-corrected chi connectivity index (χ2v) is 10.2. The Kier molecular flexibility index (Phi) is 8.33. The van der Waals surface area contributed by atoms with Gasteiger partial charge in [0, 0.05) is 12.5 Å². The molecule has 3 N–H and O–H groups in total. The third-order valence-electron chi connectivity index (χ3n) is 7.09. The monoisotopic (exact) mass is 496 g/mol. The van der Waals surface area contributed by atoms with Gasteiger partial charge in [-0.05, 0) is 59.4 Å². The van der Waals surface area contributed by atoms with Gasteiger partial charge >= 0.3 is 12.1 Å². The van der Waals surface area contributed by atoms with Gasteiger partial charge in [-0.3, -0.25) is 4.79 Å². The third kappa shape index (κ3) is 5.81. The van der Waals surface area contributed by atoms with Crippen LogP contribution >= 0.6 is 11.8 Å². The van der Waals surface area contributed by atoms with Crippen molar-refractivity contribution in [3.8, 4) is 11.1 Å². The maximum absolute atomic E-state index is 12.9. The molecule has 1 unspecified atom stereocenters. The molecule has 7 nitrogen and oxygen atoms in total. The van der Waals surface area contributed by atoms with Crippen LogP contribution < -0.4 is 10.6 Å². The average molecular weight is 497 g/mol. The Bertz CT molecular complexity index is 1030. The molecule has 2 aliphatic rings. The van der Waals surface area contributed by atoms with Crippen LogP contribution in [0.1, 0.15) is 42.7 Å². The summed E-state index contributed by atoms with van der Waals surface area (Å²) < 4.78 is 5.60. The standard InChI is InChI=1S/C27H32N2O5S/c1-35-14-13-24(26(31)32)29-25(30)22(17-7-6-8-17)15-28-27(33)34-16-23-20-11-4-2-9-18(20)19-10-3-5-12-21(19)23/h2-5,9-12,17,22-24H,6-8,13-16H2,1H3,(H,28,33)(H,29,30)(H,31,32)/t22?,24-/m0/s1. The fourth-order valence-electron chi connectivity index (χ4n) is 4.93. The first-order chi connectivity index (χ1) is 17.0. The minimum Gasteiger partial charge on any atom is -0.480 e. The zero-order valence-corrected chi connectivity index (χ0v) is 20.7. The van der Waals surface area contributed by atoms with E-state index in [9.17, 15) is 19.5 Å². The molecular formula is C27H32N2O5S. The maximum Gasteiger partial charge on any atom is 0.407 e. The number of carboxylic acids is 1. The van der Waals surface area contributed by atoms with Crippen molar-refractivity contribution in [2.24, 2.45) is 11.8 Å². The summed E-state index contributed by atoms with van der Waals surface area (Å²) in [6, 6.07) is 15.4. The Morgan fingerprint density at radius 2 is 1.69 bits per heavy atom. The molecule has 1 fully saturated rings. The highest BCUT2D eigenvalue weighted by Crippen LogP contribution is 2.44. The number of rotatable bonds is 11. The molecule has 4 rings (SSSR count). The van der Waals surface area contributed by atoms with Crippen molar-refractivity contribution in [2.45, 2.75) is 37.6 Å². The number of alkyl carbamates (subject to hydrolysis) is 1. The van der Waals surface area contributed by atoms with Crippen molar-refractivity contribution in [3.63, 3.8) is 0 Å². The smallest absolute Gasteiger partial charge is 0.407 e. The molecule has 0 spiro atoms. The fourth-order valence-corrected chi connectivity index (χ4v) is 5.40. The van der Waals surface area contributed by atoms with E-state index in [0.29, 0.717) is 12.2 Å². The lowest BCUT2D eigenvalue weighted by Gasteiger charge is -2.33. The number of ether oxygens (including phenoxy) is 1. The highest BCUT2D eigenvalue weighted by atomic mass is 32.2. The quantitative estimate of drug-likeness (QED) is 0.429. The van der Waals surface area contributed by atoms with Gasteiger partial charge in [0.2, 0.25) is 5.91 Å². The SMILES string of the molecule is CSCC[C@H](NC(=O)C(CNC(=O)OCC1c2ccccc2-c2ccccc21)C1CCC1)C(=O)O. The number of hydrogen-bond donors (Lipinski definition) is 3. The molecule has 2 amide bonds. The second kappa shape index (κ2) is 11.6. The van der Waals surface area contributed by atoms with E-state index in [1.54, 1.807) is 0 Å². The number of carbonyl (C=O) groups excluding carboxylic acids is 2. The zero-order chi connectivity index (χ0) is 24.8. The van der Waals surface area contributed by atoms with Crippen molar-refractivity contribution in [1.29, 1.82) is 0 Å². The van der Waals surface area contributed by atoms with Crippen LogP contribution in [0.2, 0.25) is 0 Å². The molecule has 2 aromatic rings. The van der Waals surface area contributed by atoms with Gasteiger partial charge in [-0.25, -0.2) is 9.59 Å². The average Bonchev–Trinajstić information content (AvgIpc) is 3.15. The number of aliphatic carboxylic acids is 1. The zero-order valence-electron chi connectivity index (χ0n) is 19.9. The first-order valence-electron chi connectivity index (χ1n) is 12.1. The minimum atomic E-state index is -1.04. The van der Waals surface area contributed by atoms with Crippen LogP contribution in [-0.2, 0) is 14.3 Å². The van der Waals surface area contributed by atoms with E-state index in [1.807, 2.05) is 30.5 Å². The van der Waals surface area contributed by atoms with Crippen LogP contribution in [0.3, 0.4) is 0 Å². The summed E-state index contributed by atoms with van der Waals surface area (Å²) in [6.45, 7) is 0.331. The second-order valence-electron chi connectivity index (χ2n) is 9.18. The Labute approximate surface area is 210 Å². The summed E-state index contributed by atoms with van der Waals surface area (Å²) in [5, 5.41) is 14.9. The van der Waals surface area contributed by atoms with Crippen molar-refractivity contribution >= 4 is 29.7 Å². The summed E-state index contributed by atoms with van der Waals surface area (Å²) in [5.41, 5.74) is 4.60. The molecule has 2 aromatic carbocycles. The molecule has 0 radical (unpaired) electrons. The summed E-state index contributed by atoms with van der Waals surface area (Å²) in [4.78, 5) is 37.1. The summed E-state index contributed by atoms with van der Waals surface area (Å²) in [5.74, 6) is -1.08. The molecule has 0 bridgehead atoms. The first-order valence-corrected chi connectivity index (χ1v) is 13.5. The molecular weight excluding hydrogens is 464 g/mol. The van der Waals surface area contributed by atoms with Crippen molar-refractivity contribution in [3.05, 3.63) is 59.7 Å². The Morgan fingerprint density at radius 1 is 1.06 bits per heavy atom. The number of hydrogen-bond acceptors (Lipinski definition) is 5. The van der Waals surface area contributed by atoms with Crippen LogP contribution in [0.15, 0.2) is 48.5 Å². The molecule has 0 aliphatic heterocycles. The molecule has 1 saturated carbocycles. The molecule has 2 aliphatic carbocycles.